The Morgan fingerprint density at radius 2 is 2.40 bits per heavy atom. The first kappa shape index (κ1) is 12.1. The van der Waals surface area contributed by atoms with Crippen molar-refractivity contribution in [1.29, 1.82) is 0 Å². The molecule has 0 spiro atoms. The number of pyridine rings is 1. The van der Waals surface area contributed by atoms with Gasteiger partial charge in [-0.15, -0.1) is 0 Å². The summed E-state index contributed by atoms with van der Waals surface area (Å²) in [5.41, 5.74) is 0.491. The molecule has 0 fully saturated rings. The number of hydrogen-bond donors (Lipinski definition) is 2. The van der Waals surface area contributed by atoms with Gasteiger partial charge in [0.1, 0.15) is 4.60 Å². The van der Waals surface area contributed by atoms with E-state index >= 15 is 0 Å². The van der Waals surface area contributed by atoms with Gasteiger partial charge in [-0.2, -0.15) is 0 Å². The zero-order chi connectivity index (χ0) is 11.3. The van der Waals surface area contributed by atoms with E-state index in [-0.39, 0.29) is 18.6 Å². The average Bonchev–Trinajstić information content (AvgIpc) is 2.26. The fraction of sp³-hybridized carbons (Fsp3) is 0.400. The van der Waals surface area contributed by atoms with Crippen molar-refractivity contribution in [2.45, 2.75) is 19.4 Å². The molecule has 82 valence electrons. The Labute approximate surface area is 96.8 Å². The number of amides is 1. The maximum absolute atomic E-state index is 11.6. The lowest BCUT2D eigenvalue weighted by atomic mass is 10.2. The maximum atomic E-state index is 11.6. The molecule has 5 heteroatoms. The van der Waals surface area contributed by atoms with Crippen LogP contribution in [0, 0.1) is 0 Å². The summed E-state index contributed by atoms with van der Waals surface area (Å²) in [5.74, 6) is -0.212. The average molecular weight is 273 g/mol. The molecule has 0 radical (unpaired) electrons. The summed E-state index contributed by atoms with van der Waals surface area (Å²) in [6.07, 6.45) is 2.19. The van der Waals surface area contributed by atoms with E-state index in [0.717, 1.165) is 0 Å². The Morgan fingerprint density at radius 1 is 1.67 bits per heavy atom. The highest BCUT2D eigenvalue weighted by atomic mass is 79.9. The third-order valence-corrected chi connectivity index (χ3v) is 2.51. The minimum Gasteiger partial charge on any atom is -0.394 e. The van der Waals surface area contributed by atoms with Crippen LogP contribution in [0.2, 0.25) is 0 Å². The van der Waals surface area contributed by atoms with Crippen LogP contribution in [0.4, 0.5) is 0 Å². The van der Waals surface area contributed by atoms with Crippen LogP contribution in [-0.4, -0.2) is 28.6 Å². The molecule has 1 rings (SSSR count). The van der Waals surface area contributed by atoms with E-state index in [9.17, 15) is 4.79 Å². The smallest absolute Gasteiger partial charge is 0.253 e. The summed E-state index contributed by atoms with van der Waals surface area (Å²) in [6.45, 7) is 1.85. The molecule has 0 aliphatic rings. The summed E-state index contributed by atoms with van der Waals surface area (Å²) >= 11 is 3.19. The van der Waals surface area contributed by atoms with Gasteiger partial charge >= 0.3 is 0 Å². The van der Waals surface area contributed by atoms with Crippen molar-refractivity contribution >= 4 is 21.8 Å². The van der Waals surface area contributed by atoms with Gasteiger partial charge in [0, 0.05) is 6.20 Å². The van der Waals surface area contributed by atoms with Gasteiger partial charge in [0.05, 0.1) is 18.2 Å². The summed E-state index contributed by atoms with van der Waals surface area (Å²) < 4.78 is 0.688. The largest absolute Gasteiger partial charge is 0.394 e. The maximum Gasteiger partial charge on any atom is 0.253 e. The van der Waals surface area contributed by atoms with Gasteiger partial charge in [0.2, 0.25) is 0 Å². The van der Waals surface area contributed by atoms with Gasteiger partial charge in [-0.25, -0.2) is 4.98 Å². The topological polar surface area (TPSA) is 62.2 Å². The summed E-state index contributed by atoms with van der Waals surface area (Å²) in [4.78, 5) is 15.6. The number of aliphatic hydroxyl groups excluding tert-OH is 1. The Balaban J connectivity index is 2.64. The van der Waals surface area contributed by atoms with Gasteiger partial charge in [0.25, 0.3) is 5.91 Å². The molecule has 1 aromatic rings. The Bertz CT molecular complexity index is 323. The summed E-state index contributed by atoms with van der Waals surface area (Å²) in [6, 6.07) is 3.19. The fourth-order valence-electron chi connectivity index (χ4n) is 1.06. The van der Waals surface area contributed by atoms with E-state index in [1.165, 1.54) is 6.20 Å². The van der Waals surface area contributed by atoms with Crippen molar-refractivity contribution in [2.24, 2.45) is 0 Å². The molecule has 1 aromatic heterocycles. The van der Waals surface area contributed by atoms with Crippen molar-refractivity contribution in [3.05, 3.63) is 28.5 Å². The minimum atomic E-state index is -0.212. The van der Waals surface area contributed by atoms with Crippen LogP contribution in [0.1, 0.15) is 23.7 Å². The molecule has 0 bridgehead atoms. The first-order chi connectivity index (χ1) is 7.17. The van der Waals surface area contributed by atoms with Gasteiger partial charge in [-0.3, -0.25) is 4.79 Å². The second-order valence-corrected chi connectivity index (χ2v) is 3.94. The molecule has 0 unspecified atom stereocenters. The van der Waals surface area contributed by atoms with Crippen LogP contribution in [0.3, 0.4) is 0 Å². The monoisotopic (exact) mass is 272 g/mol. The highest BCUT2D eigenvalue weighted by Gasteiger charge is 2.10. The number of nitrogens with one attached hydrogen (secondary N) is 1. The Morgan fingerprint density at radius 3 is 2.87 bits per heavy atom. The predicted octanol–water partition coefficient (Wildman–Crippen LogP) is 1.34. The number of aliphatic hydroxyl groups is 1. The van der Waals surface area contributed by atoms with Gasteiger partial charge < -0.3 is 10.4 Å². The van der Waals surface area contributed by atoms with E-state index in [4.69, 9.17) is 5.11 Å². The zero-order valence-corrected chi connectivity index (χ0v) is 9.99. The van der Waals surface area contributed by atoms with E-state index in [1.54, 1.807) is 12.1 Å². The van der Waals surface area contributed by atoms with Crippen molar-refractivity contribution < 1.29 is 9.90 Å². The van der Waals surface area contributed by atoms with Crippen LogP contribution in [-0.2, 0) is 0 Å². The quantitative estimate of drug-likeness (QED) is 0.814. The van der Waals surface area contributed by atoms with Gasteiger partial charge in [0.15, 0.2) is 0 Å². The second kappa shape index (κ2) is 5.82. The molecule has 1 atom stereocenters. The molecule has 15 heavy (non-hydrogen) atoms. The predicted molar refractivity (Wildman–Crippen MR) is 60.6 cm³/mol. The molecular weight excluding hydrogens is 260 g/mol. The third-order valence-electron chi connectivity index (χ3n) is 2.04. The molecule has 1 heterocycles. The highest BCUT2D eigenvalue weighted by Crippen LogP contribution is 2.06. The van der Waals surface area contributed by atoms with Gasteiger partial charge in [-0.1, -0.05) is 6.92 Å². The fourth-order valence-corrected chi connectivity index (χ4v) is 1.29. The molecule has 0 saturated heterocycles. The lowest BCUT2D eigenvalue weighted by molar-refractivity contribution is 0.0914. The van der Waals surface area contributed by atoms with Crippen LogP contribution < -0.4 is 5.32 Å². The third kappa shape index (κ3) is 3.60. The van der Waals surface area contributed by atoms with Crippen LogP contribution >= 0.6 is 15.9 Å². The van der Waals surface area contributed by atoms with Crippen LogP contribution in [0.25, 0.3) is 0 Å². The van der Waals surface area contributed by atoms with E-state index in [0.29, 0.717) is 16.6 Å². The lowest BCUT2D eigenvalue weighted by Crippen LogP contribution is -2.36. The van der Waals surface area contributed by atoms with E-state index < -0.39 is 0 Å². The van der Waals surface area contributed by atoms with Gasteiger partial charge in [-0.05, 0) is 34.5 Å². The number of carbonyl (C=O) groups excluding carboxylic acids is 1. The van der Waals surface area contributed by atoms with Crippen molar-refractivity contribution in [3.63, 3.8) is 0 Å². The SMILES string of the molecule is CC[C@@H](CO)NC(=O)c1ccc(Br)nc1. The minimum absolute atomic E-state index is 0.0494. The standard InChI is InChI=1S/C10H13BrN2O2/c1-2-8(6-14)13-10(15)7-3-4-9(11)12-5-7/h3-5,8,14H,2,6H2,1H3,(H,13,15)/t8-/m0/s1. The molecular formula is C10H13BrN2O2. The molecule has 0 saturated carbocycles. The second-order valence-electron chi connectivity index (χ2n) is 3.13. The number of hydrogen-bond acceptors (Lipinski definition) is 3. The molecule has 0 aromatic carbocycles. The van der Waals surface area contributed by atoms with Crippen LogP contribution in [0.15, 0.2) is 22.9 Å². The summed E-state index contributed by atoms with van der Waals surface area (Å²) in [5, 5.41) is 11.6. The highest BCUT2D eigenvalue weighted by molar-refractivity contribution is 9.10. The normalized spacial score (nSPS) is 12.2. The molecule has 4 nitrogen and oxygen atoms in total. The first-order valence-electron chi connectivity index (χ1n) is 4.70. The van der Waals surface area contributed by atoms with E-state index in [1.807, 2.05) is 6.92 Å². The Hall–Kier alpha value is -0.940. The number of nitrogens with zero attached hydrogens (tertiary/aromatic N) is 1. The van der Waals surface area contributed by atoms with Crippen molar-refractivity contribution in [3.8, 4) is 0 Å². The van der Waals surface area contributed by atoms with Crippen LogP contribution in [0.5, 0.6) is 0 Å². The molecule has 0 aliphatic carbocycles. The summed E-state index contributed by atoms with van der Waals surface area (Å²) in [7, 11) is 0. The number of aromatic nitrogens is 1. The molecule has 2 N–H and O–H groups in total. The lowest BCUT2D eigenvalue weighted by Gasteiger charge is -2.13. The molecule has 1 amide bonds. The Kier molecular flexibility index (Phi) is 4.71. The zero-order valence-electron chi connectivity index (χ0n) is 8.40. The molecule has 0 aliphatic heterocycles. The number of halogens is 1. The van der Waals surface area contributed by atoms with Crippen molar-refractivity contribution in [2.75, 3.05) is 6.61 Å². The first-order valence-corrected chi connectivity index (χ1v) is 5.50. The number of rotatable bonds is 4. The van der Waals surface area contributed by atoms with E-state index in [2.05, 4.69) is 26.2 Å². The number of carbonyl (C=O) groups is 1. The van der Waals surface area contributed by atoms with Crippen molar-refractivity contribution in [1.82, 2.24) is 10.3 Å².